The minimum atomic E-state index is 0.629. The van der Waals surface area contributed by atoms with Crippen LogP contribution < -0.4 is 0 Å². The molecule has 0 aliphatic carbocycles. The zero-order valence-corrected chi connectivity index (χ0v) is 29.2. The molecule has 10 aromatic rings. The van der Waals surface area contributed by atoms with Crippen LogP contribution in [0.4, 0.5) is 0 Å². The molecule has 0 fully saturated rings. The van der Waals surface area contributed by atoms with Crippen molar-refractivity contribution < 1.29 is 0 Å². The highest BCUT2D eigenvalue weighted by atomic mass is 32.1. The lowest BCUT2D eigenvalue weighted by Gasteiger charge is -2.11. The highest BCUT2D eigenvalue weighted by Crippen LogP contribution is 2.37. The lowest BCUT2D eigenvalue weighted by atomic mass is 9.97. The third-order valence-corrected chi connectivity index (χ3v) is 10.6. The summed E-state index contributed by atoms with van der Waals surface area (Å²) in [6.07, 6.45) is 0. The largest absolute Gasteiger partial charge is 0.243 e. The summed E-state index contributed by atoms with van der Waals surface area (Å²) in [5.41, 5.74) is 12.4. The smallest absolute Gasteiger partial charge is 0.164 e. The van der Waals surface area contributed by atoms with Crippen LogP contribution in [0, 0.1) is 0 Å². The van der Waals surface area contributed by atoms with Gasteiger partial charge < -0.3 is 0 Å². The molecular formula is C47H29N5S. The van der Waals surface area contributed by atoms with E-state index >= 15 is 0 Å². The minimum Gasteiger partial charge on any atom is -0.243 e. The van der Waals surface area contributed by atoms with E-state index in [4.69, 9.17) is 24.9 Å². The van der Waals surface area contributed by atoms with E-state index < -0.39 is 0 Å². The van der Waals surface area contributed by atoms with Crippen LogP contribution in [0.3, 0.4) is 0 Å². The molecule has 7 aromatic carbocycles. The van der Waals surface area contributed by atoms with E-state index in [2.05, 4.69) is 115 Å². The fraction of sp³-hybridized carbons (Fsp3) is 0. The molecule has 0 radical (unpaired) electrons. The van der Waals surface area contributed by atoms with E-state index in [9.17, 15) is 0 Å². The van der Waals surface area contributed by atoms with Gasteiger partial charge in [0.15, 0.2) is 17.5 Å². The van der Waals surface area contributed by atoms with Gasteiger partial charge >= 0.3 is 0 Å². The third-order valence-electron chi connectivity index (χ3n) is 9.55. The Balaban J connectivity index is 1.01. The fourth-order valence-corrected chi connectivity index (χ4v) is 7.89. The summed E-state index contributed by atoms with van der Waals surface area (Å²) in [5, 5.41) is 1.13. The zero-order valence-electron chi connectivity index (χ0n) is 28.4. The number of hydrogen-bond donors (Lipinski definition) is 0. The molecule has 0 spiro atoms. The lowest BCUT2D eigenvalue weighted by Crippen LogP contribution is -2.00. The normalized spacial score (nSPS) is 11.4. The second-order valence-electron chi connectivity index (χ2n) is 13.0. The molecule has 3 heterocycles. The van der Waals surface area contributed by atoms with Gasteiger partial charge in [0.1, 0.15) is 10.3 Å². The molecule has 0 atom stereocenters. The van der Waals surface area contributed by atoms with Crippen molar-refractivity contribution in [3.8, 4) is 67.5 Å². The van der Waals surface area contributed by atoms with Crippen molar-refractivity contribution in [2.75, 3.05) is 0 Å². The van der Waals surface area contributed by atoms with E-state index in [1.165, 1.54) is 10.3 Å². The molecule has 10 rings (SSSR count). The summed E-state index contributed by atoms with van der Waals surface area (Å²) in [6, 6.07) is 60.7. The third kappa shape index (κ3) is 5.91. The molecule has 0 N–H and O–H groups in total. The van der Waals surface area contributed by atoms with Gasteiger partial charge in [-0.2, -0.15) is 0 Å². The minimum absolute atomic E-state index is 0.629. The Morgan fingerprint density at radius 2 is 0.736 bits per heavy atom. The zero-order chi connectivity index (χ0) is 35.1. The van der Waals surface area contributed by atoms with Gasteiger partial charge in [-0.3, -0.25) is 0 Å². The van der Waals surface area contributed by atoms with Crippen molar-refractivity contribution in [2.24, 2.45) is 0 Å². The lowest BCUT2D eigenvalue weighted by molar-refractivity contribution is 1.07. The Morgan fingerprint density at radius 3 is 1.40 bits per heavy atom. The van der Waals surface area contributed by atoms with Crippen molar-refractivity contribution >= 4 is 42.8 Å². The predicted molar refractivity (Wildman–Crippen MR) is 218 cm³/mol. The molecule has 248 valence electrons. The van der Waals surface area contributed by atoms with Crippen LogP contribution in [0.15, 0.2) is 176 Å². The highest BCUT2D eigenvalue weighted by Gasteiger charge is 2.15. The van der Waals surface area contributed by atoms with Gasteiger partial charge in [-0.25, -0.2) is 24.9 Å². The molecule has 6 heteroatoms. The van der Waals surface area contributed by atoms with Gasteiger partial charge in [-0.15, -0.1) is 11.3 Å². The van der Waals surface area contributed by atoms with Crippen molar-refractivity contribution in [1.29, 1.82) is 0 Å². The first-order valence-corrected chi connectivity index (χ1v) is 18.3. The Bertz CT molecular complexity index is 2940. The van der Waals surface area contributed by atoms with Crippen LogP contribution in [0.1, 0.15) is 0 Å². The summed E-state index contributed by atoms with van der Waals surface area (Å²) < 4.78 is 1.18. The maximum atomic E-state index is 5.04. The summed E-state index contributed by atoms with van der Waals surface area (Å²) in [7, 11) is 0. The summed E-state index contributed by atoms with van der Waals surface area (Å²) in [4.78, 5) is 25.8. The van der Waals surface area contributed by atoms with E-state index in [1.54, 1.807) is 11.3 Å². The summed E-state index contributed by atoms with van der Waals surface area (Å²) >= 11 is 1.69. The fourth-order valence-electron chi connectivity index (χ4n) is 6.83. The summed E-state index contributed by atoms with van der Waals surface area (Å²) in [6.45, 7) is 0. The SMILES string of the molecule is c1ccc(-c2ccc(-c3nc(-c4ccccc4)nc(-c4cccc(-c5cccc(-c6ccc7c(c6)sc6nc8ccccc8nc67)c5)c4)n3)cc2)cc1. The van der Waals surface area contributed by atoms with Gasteiger partial charge in [-0.05, 0) is 63.7 Å². The van der Waals surface area contributed by atoms with Gasteiger partial charge in [0.2, 0.25) is 0 Å². The quantitative estimate of drug-likeness (QED) is 0.173. The number of hydrogen-bond acceptors (Lipinski definition) is 6. The average Bonchev–Trinajstić information content (AvgIpc) is 3.60. The standard InChI is InChI=1S/C47H29N5S/c1-3-11-30(12-4-1)31-21-23-33(24-22-31)45-50-44(32-13-5-2-6-14-32)51-46(52-45)38-18-10-17-36(28-38)34-15-9-16-35(27-34)37-25-26-39-42(29-37)53-47-43(39)48-40-19-7-8-20-41(40)49-47/h1-29H. The second-order valence-corrected chi connectivity index (χ2v) is 14.0. The average molecular weight is 696 g/mol. The van der Waals surface area contributed by atoms with Crippen LogP contribution in [0.5, 0.6) is 0 Å². The molecule has 5 nitrogen and oxygen atoms in total. The van der Waals surface area contributed by atoms with Crippen LogP contribution in [0.2, 0.25) is 0 Å². The van der Waals surface area contributed by atoms with Gasteiger partial charge in [0.05, 0.1) is 11.0 Å². The van der Waals surface area contributed by atoms with Crippen molar-refractivity contribution in [2.45, 2.75) is 0 Å². The van der Waals surface area contributed by atoms with Crippen molar-refractivity contribution in [3.05, 3.63) is 176 Å². The maximum absolute atomic E-state index is 5.04. The number of benzene rings is 7. The Kier molecular flexibility index (Phi) is 7.59. The molecule has 0 unspecified atom stereocenters. The Labute approximate surface area is 310 Å². The number of rotatable bonds is 6. The molecular weight excluding hydrogens is 667 g/mol. The molecule has 0 saturated carbocycles. The van der Waals surface area contributed by atoms with E-state index in [0.29, 0.717) is 17.5 Å². The molecule has 0 saturated heterocycles. The number of fused-ring (bicyclic) bond motifs is 4. The molecule has 0 aliphatic heterocycles. The van der Waals surface area contributed by atoms with E-state index in [1.807, 2.05) is 60.7 Å². The Hall–Kier alpha value is -6.89. The molecule has 0 bridgehead atoms. The predicted octanol–water partition coefficient (Wildman–Crippen LogP) is 12.2. The van der Waals surface area contributed by atoms with Crippen LogP contribution in [0.25, 0.3) is 99.0 Å². The first kappa shape index (κ1) is 30.9. The second kappa shape index (κ2) is 13.0. The van der Waals surface area contributed by atoms with Gasteiger partial charge in [-0.1, -0.05) is 146 Å². The van der Waals surface area contributed by atoms with Crippen LogP contribution in [-0.4, -0.2) is 24.9 Å². The van der Waals surface area contributed by atoms with Gasteiger partial charge in [0, 0.05) is 26.8 Å². The van der Waals surface area contributed by atoms with Gasteiger partial charge in [0.25, 0.3) is 0 Å². The Morgan fingerprint density at radius 1 is 0.302 bits per heavy atom. The molecule has 0 amide bonds. The van der Waals surface area contributed by atoms with Crippen molar-refractivity contribution in [1.82, 2.24) is 24.9 Å². The van der Waals surface area contributed by atoms with Crippen LogP contribution >= 0.6 is 11.3 Å². The molecule has 53 heavy (non-hydrogen) atoms. The van der Waals surface area contributed by atoms with Crippen LogP contribution in [-0.2, 0) is 0 Å². The first-order valence-electron chi connectivity index (χ1n) is 17.5. The topological polar surface area (TPSA) is 64.5 Å². The molecule has 0 aliphatic rings. The van der Waals surface area contributed by atoms with E-state index in [0.717, 1.165) is 71.3 Å². The monoisotopic (exact) mass is 695 g/mol. The first-order chi connectivity index (χ1) is 26.2. The number of thiophene rings is 1. The molecule has 3 aromatic heterocycles. The van der Waals surface area contributed by atoms with E-state index in [-0.39, 0.29) is 0 Å². The summed E-state index contributed by atoms with van der Waals surface area (Å²) in [5.74, 6) is 1.90. The number of nitrogens with zero attached hydrogens (tertiary/aromatic N) is 5. The number of aromatic nitrogens is 5. The highest BCUT2D eigenvalue weighted by molar-refractivity contribution is 7.25. The maximum Gasteiger partial charge on any atom is 0.164 e. The van der Waals surface area contributed by atoms with Crippen molar-refractivity contribution in [3.63, 3.8) is 0 Å². The number of para-hydroxylation sites is 2.